The first kappa shape index (κ1) is 23.3. The normalized spacial score (nSPS) is 32.4. The molecule has 3 aliphatic carbocycles. The van der Waals surface area contributed by atoms with E-state index in [1.807, 2.05) is 0 Å². The predicted octanol–water partition coefficient (Wildman–Crippen LogP) is 2.64. The highest BCUT2D eigenvalue weighted by molar-refractivity contribution is 7.79. The van der Waals surface area contributed by atoms with Crippen molar-refractivity contribution in [2.75, 3.05) is 26.2 Å². The largest absolute Gasteiger partial charge is 0.394 e. The van der Waals surface area contributed by atoms with Crippen LogP contribution in [0.4, 0.5) is 0 Å². The molecule has 4 aliphatic rings. The quantitative estimate of drug-likeness (QED) is 0.460. The molecular weight excluding hydrogens is 404 g/mol. The predicted molar refractivity (Wildman–Crippen MR) is 116 cm³/mol. The van der Waals surface area contributed by atoms with E-state index in [1.165, 1.54) is 19.3 Å². The zero-order valence-electron chi connectivity index (χ0n) is 17.6. The van der Waals surface area contributed by atoms with Gasteiger partial charge in [0.1, 0.15) is 5.78 Å². The molecule has 30 heavy (non-hydrogen) atoms. The molecule has 5 rings (SSSR count). The SMILES string of the molecule is C1CNCCN1.C[C@]12CC[C@@H]3c4ccccc4CC[C@H]3[C@@H]1CCC2=O.O=S(=O)(O)O. The summed E-state index contributed by atoms with van der Waals surface area (Å²) in [6, 6.07) is 9.00. The van der Waals surface area contributed by atoms with Crippen LogP contribution in [0.1, 0.15) is 56.1 Å². The van der Waals surface area contributed by atoms with Gasteiger partial charge in [0.25, 0.3) is 0 Å². The molecule has 1 saturated heterocycles. The van der Waals surface area contributed by atoms with E-state index in [1.54, 1.807) is 11.1 Å². The van der Waals surface area contributed by atoms with E-state index in [-0.39, 0.29) is 5.41 Å². The minimum Gasteiger partial charge on any atom is -0.314 e. The summed E-state index contributed by atoms with van der Waals surface area (Å²) in [5.74, 6) is 2.70. The second-order valence-electron chi connectivity index (χ2n) is 8.98. The molecule has 1 heterocycles. The topological polar surface area (TPSA) is 116 Å². The Morgan fingerprint density at radius 3 is 2.17 bits per heavy atom. The van der Waals surface area contributed by atoms with E-state index >= 15 is 0 Å². The molecule has 1 aromatic carbocycles. The average molecular weight is 439 g/mol. The summed E-state index contributed by atoms with van der Waals surface area (Å²) in [6.07, 6.45) is 6.85. The molecule has 0 bridgehead atoms. The summed E-state index contributed by atoms with van der Waals surface area (Å²) in [7, 11) is -4.67. The van der Waals surface area contributed by atoms with Gasteiger partial charge in [0.2, 0.25) is 0 Å². The molecule has 0 aromatic heterocycles. The molecule has 0 amide bonds. The minimum atomic E-state index is -4.67. The maximum absolute atomic E-state index is 12.3. The van der Waals surface area contributed by atoms with Crippen LogP contribution in [0.5, 0.6) is 0 Å². The summed E-state index contributed by atoms with van der Waals surface area (Å²) < 4.78 is 31.6. The third kappa shape index (κ3) is 5.68. The maximum Gasteiger partial charge on any atom is 0.394 e. The maximum atomic E-state index is 12.3. The number of benzene rings is 1. The van der Waals surface area contributed by atoms with Crippen molar-refractivity contribution in [1.29, 1.82) is 0 Å². The van der Waals surface area contributed by atoms with Crippen LogP contribution in [-0.2, 0) is 21.6 Å². The van der Waals surface area contributed by atoms with E-state index in [2.05, 4.69) is 41.8 Å². The Morgan fingerprint density at radius 1 is 0.967 bits per heavy atom. The number of fused-ring (bicyclic) bond motifs is 5. The molecule has 3 fully saturated rings. The summed E-state index contributed by atoms with van der Waals surface area (Å²) in [6.45, 7) is 6.81. The molecule has 0 spiro atoms. The zero-order chi connectivity index (χ0) is 21.8. The Kier molecular flexibility index (Phi) is 7.68. The molecule has 0 radical (unpaired) electrons. The first-order chi connectivity index (χ1) is 14.2. The highest BCUT2D eigenvalue weighted by Crippen LogP contribution is 2.59. The Bertz CT molecular complexity index is 820. The first-order valence-electron chi connectivity index (χ1n) is 10.9. The number of rotatable bonds is 0. The Hall–Kier alpha value is -1.32. The number of hydrogen-bond donors (Lipinski definition) is 4. The van der Waals surface area contributed by atoms with Gasteiger partial charge in [-0.2, -0.15) is 8.42 Å². The van der Waals surface area contributed by atoms with E-state index in [9.17, 15) is 4.79 Å². The molecular formula is C22H34N2O5S. The van der Waals surface area contributed by atoms with Gasteiger partial charge in [-0.25, -0.2) is 0 Å². The highest BCUT2D eigenvalue weighted by atomic mass is 32.3. The van der Waals surface area contributed by atoms with Crippen LogP contribution in [0.15, 0.2) is 24.3 Å². The van der Waals surface area contributed by atoms with Gasteiger partial charge in [0.05, 0.1) is 0 Å². The molecule has 4 N–H and O–H groups in total. The average Bonchev–Trinajstić information content (AvgIpc) is 3.03. The molecule has 2 saturated carbocycles. The number of carbonyl (C=O) groups excluding carboxylic acids is 1. The second-order valence-corrected chi connectivity index (χ2v) is 9.88. The van der Waals surface area contributed by atoms with Crippen molar-refractivity contribution in [3.8, 4) is 0 Å². The fraction of sp³-hybridized carbons (Fsp3) is 0.682. The number of carbonyl (C=O) groups is 1. The number of hydrogen-bond acceptors (Lipinski definition) is 5. The fourth-order valence-electron chi connectivity index (χ4n) is 5.90. The number of aryl methyl sites for hydroxylation is 1. The lowest BCUT2D eigenvalue weighted by molar-refractivity contribution is -0.129. The second kappa shape index (κ2) is 9.87. The standard InChI is InChI=1S/C18H22O.C4H10N2.H2O4S/c1-18-11-10-14-13-5-3-2-4-12(13)6-7-15(14)16(18)8-9-17(18)19;1-2-6-4-3-5-1;1-5(2,3)4/h2-5,14-16H,6-11H2,1H3;5-6H,1-4H2;(H2,1,2,3,4)/t14-,15-,16+,18+;;/m1../s1. The highest BCUT2D eigenvalue weighted by Gasteiger charge is 2.54. The molecule has 168 valence electrons. The summed E-state index contributed by atoms with van der Waals surface area (Å²) >= 11 is 0. The van der Waals surface area contributed by atoms with Crippen molar-refractivity contribution in [3.63, 3.8) is 0 Å². The molecule has 4 atom stereocenters. The Balaban J connectivity index is 0.000000193. The van der Waals surface area contributed by atoms with Crippen molar-refractivity contribution < 1.29 is 22.3 Å². The van der Waals surface area contributed by atoms with Crippen LogP contribution in [-0.4, -0.2) is 49.5 Å². The third-order valence-electron chi connectivity index (χ3n) is 7.30. The molecule has 1 aliphatic heterocycles. The van der Waals surface area contributed by atoms with Crippen LogP contribution < -0.4 is 10.6 Å². The van der Waals surface area contributed by atoms with E-state index in [0.29, 0.717) is 11.7 Å². The van der Waals surface area contributed by atoms with E-state index in [4.69, 9.17) is 17.5 Å². The van der Waals surface area contributed by atoms with Crippen LogP contribution in [0, 0.1) is 17.3 Å². The smallest absolute Gasteiger partial charge is 0.314 e. The molecule has 0 unspecified atom stereocenters. The van der Waals surface area contributed by atoms with Crippen molar-refractivity contribution in [1.82, 2.24) is 10.6 Å². The zero-order valence-corrected chi connectivity index (χ0v) is 18.5. The van der Waals surface area contributed by atoms with Crippen LogP contribution in [0.25, 0.3) is 0 Å². The molecule has 7 nitrogen and oxygen atoms in total. The lowest BCUT2D eigenvalue weighted by Gasteiger charge is -2.48. The summed E-state index contributed by atoms with van der Waals surface area (Å²) in [4.78, 5) is 12.3. The first-order valence-corrected chi connectivity index (χ1v) is 12.3. The van der Waals surface area contributed by atoms with Gasteiger partial charge in [-0.1, -0.05) is 31.2 Å². The Labute approximate surface area is 179 Å². The van der Waals surface area contributed by atoms with E-state index < -0.39 is 10.4 Å². The van der Waals surface area contributed by atoms with Gasteiger partial charge in [-0.05, 0) is 61.0 Å². The molecule has 8 heteroatoms. The Morgan fingerprint density at radius 2 is 1.57 bits per heavy atom. The van der Waals surface area contributed by atoms with Gasteiger partial charge >= 0.3 is 10.4 Å². The number of Topliss-reactive ketones (excluding diaryl/α,β-unsaturated/α-hetero) is 1. The van der Waals surface area contributed by atoms with Crippen molar-refractivity contribution in [2.45, 2.75) is 51.4 Å². The van der Waals surface area contributed by atoms with E-state index in [0.717, 1.165) is 57.3 Å². The van der Waals surface area contributed by atoms with Gasteiger partial charge in [0, 0.05) is 38.0 Å². The van der Waals surface area contributed by atoms with Gasteiger partial charge < -0.3 is 10.6 Å². The monoisotopic (exact) mass is 438 g/mol. The summed E-state index contributed by atoms with van der Waals surface area (Å²) in [5.41, 5.74) is 3.19. The lowest BCUT2D eigenvalue weighted by atomic mass is 9.55. The minimum absolute atomic E-state index is 0.0213. The number of ketones is 1. The number of piperazine rings is 1. The van der Waals surface area contributed by atoms with Crippen LogP contribution in [0.3, 0.4) is 0 Å². The van der Waals surface area contributed by atoms with Crippen molar-refractivity contribution >= 4 is 16.2 Å². The fourth-order valence-corrected chi connectivity index (χ4v) is 5.90. The van der Waals surface area contributed by atoms with Gasteiger partial charge in [-0.15, -0.1) is 0 Å². The third-order valence-corrected chi connectivity index (χ3v) is 7.30. The van der Waals surface area contributed by atoms with Gasteiger partial charge in [0.15, 0.2) is 0 Å². The number of nitrogens with one attached hydrogen (secondary N) is 2. The molecule has 1 aromatic rings. The lowest BCUT2D eigenvalue weighted by Crippen LogP contribution is -2.42. The van der Waals surface area contributed by atoms with Gasteiger partial charge in [-0.3, -0.25) is 13.9 Å². The van der Waals surface area contributed by atoms with Crippen LogP contribution >= 0.6 is 0 Å². The van der Waals surface area contributed by atoms with Crippen LogP contribution in [0.2, 0.25) is 0 Å². The van der Waals surface area contributed by atoms with Crippen molar-refractivity contribution in [2.24, 2.45) is 17.3 Å². The van der Waals surface area contributed by atoms with Crippen molar-refractivity contribution in [3.05, 3.63) is 35.4 Å². The summed E-state index contributed by atoms with van der Waals surface area (Å²) in [5, 5.41) is 6.44.